The minimum Gasteiger partial charge on any atom is -0.326 e. The van der Waals surface area contributed by atoms with Gasteiger partial charge in [0.1, 0.15) is 5.54 Å². The fraction of sp³-hybridized carbons (Fsp3) is 0.500. The van der Waals surface area contributed by atoms with Crippen molar-refractivity contribution in [2.75, 3.05) is 11.9 Å². The number of hydrogen-bond donors (Lipinski definition) is 2. The number of aryl methyl sites for hydroxylation is 1. The van der Waals surface area contributed by atoms with Crippen LogP contribution in [0.1, 0.15) is 44.1 Å². The molecule has 1 heterocycles. The van der Waals surface area contributed by atoms with E-state index in [0.29, 0.717) is 24.1 Å². The van der Waals surface area contributed by atoms with Gasteiger partial charge in [-0.05, 0) is 25.3 Å². The van der Waals surface area contributed by atoms with Gasteiger partial charge in [0.2, 0.25) is 5.91 Å². The Balaban J connectivity index is 1.61. The Labute approximate surface area is 156 Å². The molecule has 2 N–H and O–H groups in total. The van der Waals surface area contributed by atoms with Gasteiger partial charge in [-0.25, -0.2) is 4.79 Å². The van der Waals surface area contributed by atoms with Crippen LogP contribution in [0.3, 0.4) is 0 Å². The summed E-state index contributed by atoms with van der Waals surface area (Å²) >= 11 is 0. The minimum absolute atomic E-state index is 0.0216. The quantitative estimate of drug-likeness (QED) is 0.466. The molecule has 0 aromatic heterocycles. The van der Waals surface area contributed by atoms with Gasteiger partial charge in [0.25, 0.3) is 11.6 Å². The standard InChI is InChI=1S/C18H22N4O5/c1-12-5-6-13(22(26)27)11-14(12)19-15(23)7-10-21-16(24)18(20-17(21)25)8-3-2-4-9-18/h5-6,11H,2-4,7-10H2,1H3,(H,19,23)(H,20,25). The number of imide groups is 1. The van der Waals surface area contributed by atoms with Crippen molar-refractivity contribution in [2.24, 2.45) is 0 Å². The van der Waals surface area contributed by atoms with Crippen LogP contribution in [0.2, 0.25) is 0 Å². The largest absolute Gasteiger partial charge is 0.326 e. The summed E-state index contributed by atoms with van der Waals surface area (Å²) in [4.78, 5) is 48.5. The summed E-state index contributed by atoms with van der Waals surface area (Å²) in [5.41, 5.74) is 0.104. The van der Waals surface area contributed by atoms with Gasteiger partial charge < -0.3 is 10.6 Å². The molecule has 3 rings (SSSR count). The van der Waals surface area contributed by atoms with Crippen LogP contribution in [0.5, 0.6) is 0 Å². The zero-order valence-corrected chi connectivity index (χ0v) is 15.1. The van der Waals surface area contributed by atoms with E-state index in [0.717, 1.165) is 24.2 Å². The number of anilines is 1. The lowest BCUT2D eigenvalue weighted by Crippen LogP contribution is -2.48. The molecule has 1 aromatic carbocycles. The number of urea groups is 1. The minimum atomic E-state index is -0.803. The number of hydrogen-bond acceptors (Lipinski definition) is 5. The SMILES string of the molecule is Cc1ccc([N+](=O)[O-])cc1NC(=O)CCN1C(=O)NC2(CCCCC2)C1=O. The predicted molar refractivity (Wildman–Crippen MR) is 97.1 cm³/mol. The molecule has 1 saturated heterocycles. The number of amides is 4. The first-order valence-corrected chi connectivity index (χ1v) is 9.01. The second kappa shape index (κ2) is 7.34. The summed E-state index contributed by atoms with van der Waals surface area (Å²) in [5, 5.41) is 16.3. The van der Waals surface area contributed by atoms with E-state index in [2.05, 4.69) is 10.6 Å². The van der Waals surface area contributed by atoms with Gasteiger partial charge in [-0.3, -0.25) is 24.6 Å². The van der Waals surface area contributed by atoms with Crippen molar-refractivity contribution in [1.29, 1.82) is 0 Å². The highest BCUT2D eigenvalue weighted by atomic mass is 16.6. The normalized spacial score (nSPS) is 18.5. The van der Waals surface area contributed by atoms with Crippen molar-refractivity contribution >= 4 is 29.2 Å². The number of carbonyl (C=O) groups excluding carboxylic acids is 3. The van der Waals surface area contributed by atoms with Crippen molar-refractivity contribution in [1.82, 2.24) is 10.2 Å². The van der Waals surface area contributed by atoms with E-state index in [1.165, 1.54) is 12.1 Å². The summed E-state index contributed by atoms with van der Waals surface area (Å²) in [7, 11) is 0. The van der Waals surface area contributed by atoms with Crippen LogP contribution in [0.4, 0.5) is 16.2 Å². The zero-order chi connectivity index (χ0) is 19.6. The van der Waals surface area contributed by atoms with Gasteiger partial charge in [0.15, 0.2) is 0 Å². The summed E-state index contributed by atoms with van der Waals surface area (Å²) in [6.07, 6.45) is 4.03. The zero-order valence-electron chi connectivity index (χ0n) is 15.1. The third kappa shape index (κ3) is 3.76. The third-order valence-electron chi connectivity index (χ3n) is 5.22. The molecule has 1 aliphatic carbocycles. The fourth-order valence-corrected chi connectivity index (χ4v) is 3.66. The molecule has 0 atom stereocenters. The molecule has 0 unspecified atom stereocenters. The number of nitro benzene ring substituents is 1. The van der Waals surface area contributed by atoms with Crippen LogP contribution >= 0.6 is 0 Å². The predicted octanol–water partition coefficient (Wildman–Crippen LogP) is 2.49. The second-order valence-electron chi connectivity index (χ2n) is 7.08. The Morgan fingerprint density at radius 1 is 1.30 bits per heavy atom. The van der Waals surface area contributed by atoms with Crippen LogP contribution in [0.15, 0.2) is 18.2 Å². The molecule has 1 aromatic rings. The Morgan fingerprint density at radius 2 is 2.00 bits per heavy atom. The molecule has 2 aliphatic rings. The van der Waals surface area contributed by atoms with Crippen LogP contribution in [0.25, 0.3) is 0 Å². The average Bonchev–Trinajstić information content (AvgIpc) is 2.85. The van der Waals surface area contributed by atoms with E-state index in [1.54, 1.807) is 13.0 Å². The van der Waals surface area contributed by atoms with E-state index in [1.807, 2.05) is 0 Å². The smallest absolute Gasteiger partial charge is 0.325 e. The van der Waals surface area contributed by atoms with E-state index in [-0.39, 0.29) is 24.6 Å². The molecule has 1 spiro atoms. The summed E-state index contributed by atoms with van der Waals surface area (Å²) in [5.74, 6) is -0.671. The highest BCUT2D eigenvalue weighted by Gasteiger charge is 2.51. The Bertz CT molecular complexity index is 801. The number of rotatable bonds is 5. The van der Waals surface area contributed by atoms with Gasteiger partial charge in [-0.15, -0.1) is 0 Å². The highest BCUT2D eigenvalue weighted by molar-refractivity contribution is 6.07. The molecular weight excluding hydrogens is 352 g/mol. The van der Waals surface area contributed by atoms with Gasteiger partial charge in [-0.1, -0.05) is 25.3 Å². The van der Waals surface area contributed by atoms with Crippen molar-refractivity contribution in [3.63, 3.8) is 0 Å². The fourth-order valence-electron chi connectivity index (χ4n) is 3.66. The lowest BCUT2D eigenvalue weighted by molar-refractivity contribution is -0.384. The second-order valence-corrected chi connectivity index (χ2v) is 7.08. The van der Waals surface area contributed by atoms with Crippen LogP contribution in [0, 0.1) is 17.0 Å². The van der Waals surface area contributed by atoms with E-state index >= 15 is 0 Å². The van der Waals surface area contributed by atoms with Crippen molar-refractivity contribution in [3.05, 3.63) is 33.9 Å². The van der Waals surface area contributed by atoms with Gasteiger partial charge in [0, 0.05) is 25.1 Å². The van der Waals surface area contributed by atoms with Gasteiger partial charge >= 0.3 is 6.03 Å². The Kier molecular flexibility index (Phi) is 5.11. The van der Waals surface area contributed by atoms with E-state index in [9.17, 15) is 24.5 Å². The van der Waals surface area contributed by atoms with Crippen LogP contribution in [-0.2, 0) is 9.59 Å². The van der Waals surface area contributed by atoms with Gasteiger partial charge in [0.05, 0.1) is 10.6 Å². The lowest BCUT2D eigenvalue weighted by atomic mass is 9.82. The number of benzene rings is 1. The summed E-state index contributed by atoms with van der Waals surface area (Å²) in [6.45, 7) is 1.70. The maximum atomic E-state index is 12.7. The summed E-state index contributed by atoms with van der Waals surface area (Å²) < 4.78 is 0. The molecule has 27 heavy (non-hydrogen) atoms. The molecule has 4 amide bonds. The molecule has 9 heteroatoms. The maximum absolute atomic E-state index is 12.7. The molecule has 1 saturated carbocycles. The Morgan fingerprint density at radius 3 is 2.67 bits per heavy atom. The van der Waals surface area contributed by atoms with E-state index in [4.69, 9.17) is 0 Å². The maximum Gasteiger partial charge on any atom is 0.325 e. The lowest BCUT2D eigenvalue weighted by Gasteiger charge is -2.30. The van der Waals surface area contributed by atoms with E-state index < -0.39 is 22.4 Å². The van der Waals surface area contributed by atoms with Gasteiger partial charge in [-0.2, -0.15) is 0 Å². The third-order valence-corrected chi connectivity index (χ3v) is 5.22. The first-order chi connectivity index (χ1) is 12.8. The number of non-ortho nitro benzene ring substituents is 1. The summed E-state index contributed by atoms with van der Waals surface area (Å²) in [6, 6.07) is 3.75. The molecule has 0 bridgehead atoms. The topological polar surface area (TPSA) is 122 Å². The highest BCUT2D eigenvalue weighted by Crippen LogP contribution is 2.33. The molecule has 2 fully saturated rings. The molecule has 0 radical (unpaired) electrons. The van der Waals surface area contributed by atoms with Crippen molar-refractivity contribution in [3.8, 4) is 0 Å². The number of nitrogens with zero attached hydrogens (tertiary/aromatic N) is 2. The molecule has 1 aliphatic heterocycles. The molecule has 144 valence electrons. The molecule has 9 nitrogen and oxygen atoms in total. The Hall–Kier alpha value is -2.97. The number of nitrogens with one attached hydrogen (secondary N) is 2. The number of nitro groups is 1. The van der Waals surface area contributed by atoms with Crippen LogP contribution in [-0.4, -0.2) is 39.8 Å². The van der Waals surface area contributed by atoms with Crippen molar-refractivity contribution in [2.45, 2.75) is 51.0 Å². The van der Waals surface area contributed by atoms with Crippen LogP contribution < -0.4 is 10.6 Å². The monoisotopic (exact) mass is 374 g/mol. The first-order valence-electron chi connectivity index (χ1n) is 9.01. The van der Waals surface area contributed by atoms with Crippen molar-refractivity contribution < 1.29 is 19.3 Å². The first kappa shape index (κ1) is 18.8. The average molecular weight is 374 g/mol. The number of carbonyl (C=O) groups is 3. The molecular formula is C18H22N4O5.